The predicted octanol–water partition coefficient (Wildman–Crippen LogP) is 3.83. The molecule has 10 heteroatoms. The Labute approximate surface area is 194 Å². The van der Waals surface area contributed by atoms with Crippen molar-refractivity contribution >= 4 is 46.5 Å². The van der Waals surface area contributed by atoms with Gasteiger partial charge in [0.15, 0.2) is 11.5 Å². The Bertz CT molecular complexity index is 1060. The van der Waals surface area contributed by atoms with Crippen LogP contribution in [0, 0.1) is 0 Å². The molecule has 0 saturated carbocycles. The van der Waals surface area contributed by atoms with Gasteiger partial charge in [0, 0.05) is 23.7 Å². The van der Waals surface area contributed by atoms with Crippen LogP contribution in [0.5, 0.6) is 17.2 Å². The second-order valence-corrected chi connectivity index (χ2v) is 7.99. The number of hydrogen-bond donors (Lipinski definition) is 1. The van der Waals surface area contributed by atoms with E-state index in [4.69, 9.17) is 25.8 Å². The van der Waals surface area contributed by atoms with Gasteiger partial charge in [0.1, 0.15) is 0 Å². The van der Waals surface area contributed by atoms with Gasteiger partial charge < -0.3 is 19.5 Å². The summed E-state index contributed by atoms with van der Waals surface area (Å²) in [4.78, 5) is 38.6. The Kier molecular flexibility index (Phi) is 7.66. The maximum absolute atomic E-state index is 12.7. The minimum Gasteiger partial charge on any atom is -0.493 e. The van der Waals surface area contributed by atoms with E-state index < -0.39 is 11.1 Å². The highest BCUT2D eigenvalue weighted by Crippen LogP contribution is 2.40. The third-order valence-corrected chi connectivity index (χ3v) is 5.71. The normalized spacial score (nSPS) is 14.6. The minimum absolute atomic E-state index is 0.0452. The Balaban J connectivity index is 1.69. The van der Waals surface area contributed by atoms with Crippen LogP contribution in [0.25, 0.3) is 6.08 Å². The lowest BCUT2D eigenvalue weighted by atomic mass is 10.1. The molecular formula is C22H21ClN2O6S. The number of ether oxygens (including phenoxy) is 3. The van der Waals surface area contributed by atoms with Gasteiger partial charge in [0.2, 0.25) is 5.75 Å². The van der Waals surface area contributed by atoms with Crippen molar-refractivity contribution in [3.63, 3.8) is 0 Å². The smallest absolute Gasteiger partial charge is 0.293 e. The Hall–Kier alpha value is -3.17. The van der Waals surface area contributed by atoms with Crippen molar-refractivity contribution in [3.8, 4) is 17.2 Å². The molecular weight excluding hydrogens is 456 g/mol. The highest BCUT2D eigenvalue weighted by molar-refractivity contribution is 8.18. The molecule has 32 heavy (non-hydrogen) atoms. The van der Waals surface area contributed by atoms with E-state index in [0.29, 0.717) is 33.4 Å². The van der Waals surface area contributed by atoms with Crippen LogP contribution in [-0.2, 0) is 4.79 Å². The molecule has 0 atom stereocenters. The van der Waals surface area contributed by atoms with Crippen LogP contribution < -0.4 is 19.5 Å². The molecule has 3 rings (SSSR count). The number of nitrogens with zero attached hydrogens (tertiary/aromatic N) is 1. The SMILES string of the molecule is COc1cc(/C=C2\SC(=O)N(CCNC(=O)c3cccc(Cl)c3)C2=O)cc(OC)c1OC. The molecule has 2 aromatic rings. The van der Waals surface area contributed by atoms with Crippen LogP contribution in [0.2, 0.25) is 5.02 Å². The van der Waals surface area contributed by atoms with Crippen LogP contribution in [0.3, 0.4) is 0 Å². The molecule has 2 aromatic carbocycles. The number of amides is 3. The van der Waals surface area contributed by atoms with E-state index in [2.05, 4.69) is 5.32 Å². The van der Waals surface area contributed by atoms with Gasteiger partial charge >= 0.3 is 0 Å². The first-order valence-electron chi connectivity index (χ1n) is 9.47. The average Bonchev–Trinajstić information content (AvgIpc) is 3.05. The zero-order valence-electron chi connectivity index (χ0n) is 17.6. The second-order valence-electron chi connectivity index (χ2n) is 6.56. The van der Waals surface area contributed by atoms with Gasteiger partial charge in [0.05, 0.1) is 26.2 Å². The largest absolute Gasteiger partial charge is 0.493 e. The van der Waals surface area contributed by atoms with Crippen molar-refractivity contribution in [2.75, 3.05) is 34.4 Å². The molecule has 1 aliphatic heterocycles. The van der Waals surface area contributed by atoms with Gasteiger partial charge in [-0.3, -0.25) is 19.3 Å². The highest BCUT2D eigenvalue weighted by Gasteiger charge is 2.34. The fraction of sp³-hybridized carbons (Fsp3) is 0.227. The first-order valence-corrected chi connectivity index (χ1v) is 10.7. The summed E-state index contributed by atoms with van der Waals surface area (Å²) in [7, 11) is 4.48. The predicted molar refractivity (Wildman–Crippen MR) is 123 cm³/mol. The fourth-order valence-corrected chi connectivity index (χ4v) is 4.10. The zero-order chi connectivity index (χ0) is 23.3. The summed E-state index contributed by atoms with van der Waals surface area (Å²) >= 11 is 6.72. The first kappa shape index (κ1) is 23.5. The topological polar surface area (TPSA) is 94.2 Å². The third-order valence-electron chi connectivity index (χ3n) is 4.57. The monoisotopic (exact) mass is 476 g/mol. The molecule has 0 aliphatic carbocycles. The molecule has 1 N–H and O–H groups in total. The van der Waals surface area contributed by atoms with E-state index >= 15 is 0 Å². The third kappa shape index (κ3) is 5.17. The van der Waals surface area contributed by atoms with Crippen LogP contribution in [0.15, 0.2) is 41.3 Å². The van der Waals surface area contributed by atoms with Gasteiger partial charge in [0.25, 0.3) is 17.1 Å². The number of thioether (sulfide) groups is 1. The molecule has 168 valence electrons. The number of rotatable bonds is 8. The van der Waals surface area contributed by atoms with Crippen molar-refractivity contribution in [1.82, 2.24) is 10.2 Å². The van der Waals surface area contributed by atoms with Crippen LogP contribution >= 0.6 is 23.4 Å². The fourth-order valence-electron chi connectivity index (χ4n) is 3.04. The standard InChI is InChI=1S/C22H21ClN2O6S/c1-29-16-9-13(10-17(30-2)19(16)31-3)11-18-21(27)25(22(28)32-18)8-7-24-20(26)14-5-4-6-15(23)12-14/h4-6,9-12H,7-8H2,1-3H3,(H,24,26)/b18-11-. The maximum atomic E-state index is 12.7. The number of carbonyl (C=O) groups is 3. The number of halogens is 1. The van der Waals surface area contributed by atoms with Crippen molar-refractivity contribution in [3.05, 3.63) is 57.5 Å². The Morgan fingerprint density at radius 3 is 2.38 bits per heavy atom. The summed E-state index contributed by atoms with van der Waals surface area (Å²) in [6, 6.07) is 9.86. The van der Waals surface area contributed by atoms with E-state index in [0.717, 1.165) is 16.7 Å². The number of carbonyl (C=O) groups excluding carboxylic acids is 3. The van der Waals surface area contributed by atoms with Crippen molar-refractivity contribution in [1.29, 1.82) is 0 Å². The van der Waals surface area contributed by atoms with Crippen LogP contribution in [0.4, 0.5) is 4.79 Å². The van der Waals surface area contributed by atoms with Gasteiger partial charge in [-0.1, -0.05) is 17.7 Å². The molecule has 1 aliphatic rings. The molecule has 0 bridgehead atoms. The summed E-state index contributed by atoms with van der Waals surface area (Å²) in [5.41, 5.74) is 1.01. The molecule has 0 unspecified atom stereocenters. The van der Waals surface area contributed by atoms with Gasteiger partial charge in [-0.25, -0.2) is 0 Å². The van der Waals surface area contributed by atoms with E-state index in [9.17, 15) is 14.4 Å². The molecule has 1 fully saturated rings. The molecule has 1 saturated heterocycles. The van der Waals surface area contributed by atoms with E-state index in [1.54, 1.807) is 36.4 Å². The summed E-state index contributed by atoms with van der Waals surface area (Å²) in [5, 5.41) is 2.72. The molecule has 1 heterocycles. The molecule has 0 spiro atoms. The van der Waals surface area contributed by atoms with E-state index in [-0.39, 0.29) is 23.9 Å². The number of methoxy groups -OCH3 is 3. The Morgan fingerprint density at radius 1 is 1.09 bits per heavy atom. The molecule has 0 aromatic heterocycles. The zero-order valence-corrected chi connectivity index (χ0v) is 19.2. The number of benzene rings is 2. The summed E-state index contributed by atoms with van der Waals surface area (Å²) in [6.07, 6.45) is 1.58. The average molecular weight is 477 g/mol. The van der Waals surface area contributed by atoms with Gasteiger partial charge in [-0.15, -0.1) is 0 Å². The number of imide groups is 1. The van der Waals surface area contributed by atoms with Gasteiger partial charge in [-0.05, 0) is 53.7 Å². The molecule has 8 nitrogen and oxygen atoms in total. The van der Waals surface area contributed by atoms with E-state index in [1.807, 2.05) is 0 Å². The molecule has 0 radical (unpaired) electrons. The van der Waals surface area contributed by atoms with Gasteiger partial charge in [-0.2, -0.15) is 0 Å². The highest BCUT2D eigenvalue weighted by atomic mass is 35.5. The number of nitrogens with one attached hydrogen (secondary N) is 1. The lowest BCUT2D eigenvalue weighted by molar-refractivity contribution is -0.122. The lowest BCUT2D eigenvalue weighted by Gasteiger charge is -2.13. The van der Waals surface area contributed by atoms with Crippen molar-refractivity contribution in [2.24, 2.45) is 0 Å². The second kappa shape index (κ2) is 10.4. The van der Waals surface area contributed by atoms with E-state index in [1.165, 1.54) is 27.4 Å². The molecule has 3 amide bonds. The minimum atomic E-state index is -0.439. The number of hydrogen-bond acceptors (Lipinski definition) is 7. The van der Waals surface area contributed by atoms with Crippen molar-refractivity contribution in [2.45, 2.75) is 0 Å². The quantitative estimate of drug-likeness (QED) is 0.578. The summed E-state index contributed by atoms with van der Waals surface area (Å²) in [6.45, 7) is 0.157. The Morgan fingerprint density at radius 2 is 1.78 bits per heavy atom. The van der Waals surface area contributed by atoms with Crippen LogP contribution in [-0.4, -0.2) is 56.4 Å². The summed E-state index contributed by atoms with van der Waals surface area (Å²) < 4.78 is 15.9. The lowest BCUT2D eigenvalue weighted by Crippen LogP contribution is -2.37. The van der Waals surface area contributed by atoms with Crippen molar-refractivity contribution < 1.29 is 28.6 Å². The van der Waals surface area contributed by atoms with Crippen LogP contribution in [0.1, 0.15) is 15.9 Å². The maximum Gasteiger partial charge on any atom is 0.293 e. The summed E-state index contributed by atoms with van der Waals surface area (Å²) in [5.74, 6) is 0.510. The first-order chi connectivity index (χ1) is 15.4.